The van der Waals surface area contributed by atoms with Crippen molar-refractivity contribution < 1.29 is 33.3 Å². The van der Waals surface area contributed by atoms with Gasteiger partial charge in [-0.1, -0.05) is 11.6 Å². The van der Waals surface area contributed by atoms with Crippen LogP contribution < -0.4 is 5.32 Å². The Hall–Kier alpha value is -1.84. The van der Waals surface area contributed by atoms with Crippen molar-refractivity contribution in [2.45, 2.75) is 63.9 Å². The molecule has 2 heterocycles. The van der Waals surface area contributed by atoms with Crippen LogP contribution in [0.1, 0.15) is 40.5 Å². The van der Waals surface area contributed by atoms with E-state index in [1.165, 1.54) is 12.6 Å². The first-order chi connectivity index (χ1) is 15.1. The fraction of sp³-hybridized carbons (Fsp3) is 0.826. The van der Waals surface area contributed by atoms with Crippen LogP contribution in [0.25, 0.3) is 0 Å². The van der Waals surface area contributed by atoms with Crippen LogP contribution in [0.15, 0.2) is 11.6 Å². The van der Waals surface area contributed by atoms with E-state index in [0.29, 0.717) is 32.7 Å². The van der Waals surface area contributed by atoms with Crippen molar-refractivity contribution in [3.63, 3.8) is 0 Å². The van der Waals surface area contributed by atoms with Gasteiger partial charge in [-0.15, -0.1) is 0 Å². The third-order valence-corrected chi connectivity index (χ3v) is 6.72. The lowest BCUT2D eigenvalue weighted by Crippen LogP contribution is -2.60. The van der Waals surface area contributed by atoms with E-state index < -0.39 is 11.7 Å². The summed E-state index contributed by atoms with van der Waals surface area (Å²) in [4.78, 5) is 25.6. The van der Waals surface area contributed by atoms with Crippen LogP contribution in [0, 0.1) is 11.8 Å². The summed E-state index contributed by atoms with van der Waals surface area (Å²) in [5.41, 5.74) is 0.398. The van der Waals surface area contributed by atoms with Crippen molar-refractivity contribution in [1.29, 1.82) is 0 Å². The van der Waals surface area contributed by atoms with E-state index in [4.69, 9.17) is 23.7 Å². The Balaban J connectivity index is 1.59. The maximum absolute atomic E-state index is 12.7. The van der Waals surface area contributed by atoms with Crippen molar-refractivity contribution >= 4 is 12.2 Å². The van der Waals surface area contributed by atoms with Crippen LogP contribution >= 0.6 is 0 Å². The molecule has 1 saturated carbocycles. The lowest BCUT2D eigenvalue weighted by Gasteiger charge is -2.48. The predicted octanol–water partition coefficient (Wildman–Crippen LogP) is 2.73. The Morgan fingerprint density at radius 2 is 1.97 bits per heavy atom. The van der Waals surface area contributed by atoms with Crippen LogP contribution in [0.5, 0.6) is 0 Å². The van der Waals surface area contributed by atoms with E-state index in [1.54, 1.807) is 12.0 Å². The van der Waals surface area contributed by atoms with Gasteiger partial charge in [-0.05, 0) is 40.5 Å². The van der Waals surface area contributed by atoms with E-state index in [-0.39, 0.29) is 42.3 Å². The fourth-order valence-electron chi connectivity index (χ4n) is 4.89. The number of amides is 2. The maximum atomic E-state index is 12.7. The van der Waals surface area contributed by atoms with Crippen LogP contribution in [0.2, 0.25) is 0 Å². The first-order valence-electron chi connectivity index (χ1n) is 11.4. The zero-order valence-corrected chi connectivity index (χ0v) is 20.1. The highest BCUT2D eigenvalue weighted by Crippen LogP contribution is 2.52. The summed E-state index contributed by atoms with van der Waals surface area (Å²) in [6.45, 7) is 10.7. The molecule has 3 rings (SSSR count). The number of methoxy groups -OCH3 is 1. The number of likely N-dealkylation sites (tertiary alicyclic amines) is 1. The average Bonchev–Trinajstić information content (AvgIpc) is 3.46. The highest BCUT2D eigenvalue weighted by atomic mass is 16.6. The van der Waals surface area contributed by atoms with Crippen molar-refractivity contribution in [3.05, 3.63) is 11.6 Å². The number of carbonyl (C=O) groups is 2. The van der Waals surface area contributed by atoms with Gasteiger partial charge in [0, 0.05) is 39.1 Å². The van der Waals surface area contributed by atoms with Gasteiger partial charge < -0.3 is 33.9 Å². The van der Waals surface area contributed by atoms with Crippen LogP contribution in [-0.2, 0) is 23.7 Å². The molecule has 1 N–H and O–H groups in total. The number of carbonyl (C=O) groups excluding carboxylic acids is 2. The van der Waals surface area contributed by atoms with Gasteiger partial charge in [0.05, 0.1) is 31.0 Å². The standard InChI is InChI=1S/C23H38N2O7/c1-15(2)8-10-30-22(3,4)19-18(28-6)17(7-9-23(19)14-31-23)32-21(27)25-11-16(12-25)13-29-20(26)24-5/h8,16-19H,7,9-14H2,1-6H3,(H,24,26)/t17-,18-,19-,23+/m1/s1. The number of hydrogen-bond acceptors (Lipinski definition) is 7. The van der Waals surface area contributed by atoms with E-state index >= 15 is 0 Å². The highest BCUT2D eigenvalue weighted by molar-refractivity contribution is 5.69. The Morgan fingerprint density at radius 3 is 2.53 bits per heavy atom. The Morgan fingerprint density at radius 1 is 1.28 bits per heavy atom. The molecule has 4 atom stereocenters. The second-order valence-electron chi connectivity index (χ2n) is 9.81. The summed E-state index contributed by atoms with van der Waals surface area (Å²) < 4.78 is 29.0. The van der Waals surface area contributed by atoms with Gasteiger partial charge in [-0.25, -0.2) is 9.59 Å². The summed E-state index contributed by atoms with van der Waals surface area (Å²) >= 11 is 0. The summed E-state index contributed by atoms with van der Waals surface area (Å²) in [7, 11) is 3.17. The maximum Gasteiger partial charge on any atom is 0.410 e. The number of nitrogens with zero attached hydrogens (tertiary/aromatic N) is 1. The van der Waals surface area contributed by atoms with Crippen molar-refractivity contribution in [1.82, 2.24) is 10.2 Å². The minimum Gasteiger partial charge on any atom is -0.449 e. The fourth-order valence-corrected chi connectivity index (χ4v) is 4.89. The molecule has 2 saturated heterocycles. The van der Waals surface area contributed by atoms with Gasteiger partial charge in [-0.3, -0.25) is 0 Å². The lowest BCUT2D eigenvalue weighted by atomic mass is 9.68. The summed E-state index contributed by atoms with van der Waals surface area (Å²) in [5, 5.41) is 2.41. The summed E-state index contributed by atoms with van der Waals surface area (Å²) in [5.74, 6) is 0.0601. The van der Waals surface area contributed by atoms with Gasteiger partial charge in [0.2, 0.25) is 0 Å². The first-order valence-corrected chi connectivity index (χ1v) is 11.4. The van der Waals surface area contributed by atoms with Crippen molar-refractivity contribution in [3.8, 4) is 0 Å². The summed E-state index contributed by atoms with van der Waals surface area (Å²) in [6, 6.07) is 0. The number of hydrogen-bond donors (Lipinski definition) is 1. The molecule has 32 heavy (non-hydrogen) atoms. The van der Waals surface area contributed by atoms with E-state index in [9.17, 15) is 9.59 Å². The molecule has 1 aliphatic carbocycles. The number of ether oxygens (including phenoxy) is 5. The molecule has 182 valence electrons. The molecule has 3 fully saturated rings. The topological polar surface area (TPSA) is 98.9 Å². The SMILES string of the molecule is CNC(=O)OCC1CN(C(=O)O[C@@H]2CC[C@]3(CO3)[C@@H](C(C)(C)OCC=C(C)C)[C@@H]2OC)C1. The number of allylic oxidation sites excluding steroid dienone is 1. The number of alkyl carbamates (subject to hydrolysis) is 1. The monoisotopic (exact) mass is 454 g/mol. The number of nitrogens with one attached hydrogen (secondary N) is 1. The van der Waals surface area contributed by atoms with Gasteiger partial charge in [0.1, 0.15) is 12.2 Å². The predicted molar refractivity (Wildman–Crippen MR) is 117 cm³/mol. The van der Waals surface area contributed by atoms with Gasteiger partial charge in [0.25, 0.3) is 0 Å². The van der Waals surface area contributed by atoms with Crippen LogP contribution in [0.4, 0.5) is 9.59 Å². The lowest BCUT2D eigenvalue weighted by molar-refractivity contribution is -0.175. The second kappa shape index (κ2) is 9.97. The quantitative estimate of drug-likeness (QED) is 0.445. The third kappa shape index (κ3) is 5.55. The van der Waals surface area contributed by atoms with Crippen molar-refractivity contribution in [2.24, 2.45) is 11.8 Å². The normalized spacial score (nSPS) is 29.8. The highest BCUT2D eigenvalue weighted by Gasteiger charge is 2.64. The second-order valence-corrected chi connectivity index (χ2v) is 9.81. The Bertz CT molecular complexity index is 709. The van der Waals surface area contributed by atoms with Gasteiger partial charge >= 0.3 is 12.2 Å². The number of epoxide rings is 1. The average molecular weight is 455 g/mol. The van der Waals surface area contributed by atoms with E-state index in [0.717, 1.165) is 6.42 Å². The minimum atomic E-state index is -0.521. The zero-order valence-electron chi connectivity index (χ0n) is 20.1. The molecule has 0 bridgehead atoms. The molecule has 0 unspecified atom stereocenters. The Kier molecular flexibility index (Phi) is 7.73. The number of rotatable bonds is 8. The third-order valence-electron chi connectivity index (χ3n) is 6.72. The van der Waals surface area contributed by atoms with Crippen LogP contribution in [0.3, 0.4) is 0 Å². The molecule has 3 aliphatic rings. The zero-order chi connectivity index (χ0) is 23.5. The molecule has 1 spiro atoms. The molecular weight excluding hydrogens is 416 g/mol. The largest absolute Gasteiger partial charge is 0.449 e. The molecule has 9 nitrogen and oxygen atoms in total. The molecular formula is C23H38N2O7. The van der Waals surface area contributed by atoms with Gasteiger partial charge in [0.15, 0.2) is 0 Å². The Labute approximate surface area is 190 Å². The first kappa shape index (κ1) is 24.8. The molecule has 0 aromatic rings. The van der Waals surface area contributed by atoms with Gasteiger partial charge in [-0.2, -0.15) is 0 Å². The van der Waals surface area contributed by atoms with E-state index in [2.05, 4.69) is 25.2 Å². The summed E-state index contributed by atoms with van der Waals surface area (Å²) in [6.07, 6.45) is 2.01. The van der Waals surface area contributed by atoms with Crippen molar-refractivity contribution in [2.75, 3.05) is 47.1 Å². The molecule has 2 aliphatic heterocycles. The molecule has 2 amide bonds. The van der Waals surface area contributed by atoms with Crippen LogP contribution in [-0.4, -0.2) is 87.6 Å². The minimum absolute atomic E-state index is 0.0674. The van der Waals surface area contributed by atoms with E-state index in [1.807, 2.05) is 13.8 Å². The molecule has 0 radical (unpaired) electrons. The smallest absolute Gasteiger partial charge is 0.410 e. The molecule has 0 aromatic carbocycles. The molecule has 9 heteroatoms. The molecule has 0 aromatic heterocycles.